The van der Waals surface area contributed by atoms with Gasteiger partial charge in [-0.3, -0.25) is 9.91 Å². The van der Waals surface area contributed by atoms with Gasteiger partial charge in [0.2, 0.25) is 0 Å². The van der Waals surface area contributed by atoms with Crippen molar-refractivity contribution < 1.29 is 4.39 Å². The first-order chi connectivity index (χ1) is 12.0. The van der Waals surface area contributed by atoms with E-state index in [9.17, 15) is 4.39 Å². The fourth-order valence-electron chi connectivity index (χ4n) is 3.05. The standard InChI is InChI=1S/C20H23ClFN3/c1-15-6-7-17(16(2)12-15)14-24-8-10-25(11-9-24)23-13-18-19(21)4-3-5-20(18)22/h3-7,12-13H,8-11,14H2,1-2H3/b23-13-. The summed E-state index contributed by atoms with van der Waals surface area (Å²) in [4.78, 5) is 2.43. The predicted octanol–water partition coefficient (Wildman–Crippen LogP) is 4.25. The third-order valence-electron chi connectivity index (χ3n) is 4.59. The molecule has 0 N–H and O–H groups in total. The van der Waals surface area contributed by atoms with Gasteiger partial charge >= 0.3 is 0 Å². The summed E-state index contributed by atoms with van der Waals surface area (Å²) in [7, 11) is 0. The lowest BCUT2D eigenvalue weighted by atomic mass is 10.1. The molecule has 3 nitrogen and oxygen atoms in total. The molecule has 0 spiro atoms. The molecule has 0 atom stereocenters. The molecule has 0 unspecified atom stereocenters. The summed E-state index contributed by atoms with van der Waals surface area (Å²) < 4.78 is 13.8. The number of nitrogens with zero attached hydrogens (tertiary/aromatic N) is 3. The first kappa shape index (κ1) is 17.9. The number of aryl methyl sites for hydroxylation is 2. The largest absolute Gasteiger partial charge is 0.295 e. The van der Waals surface area contributed by atoms with E-state index in [-0.39, 0.29) is 5.82 Å². The molecule has 2 aromatic carbocycles. The van der Waals surface area contributed by atoms with Gasteiger partial charge in [-0.1, -0.05) is 41.4 Å². The van der Waals surface area contributed by atoms with Crippen molar-refractivity contribution in [2.45, 2.75) is 20.4 Å². The van der Waals surface area contributed by atoms with Crippen LogP contribution in [-0.4, -0.2) is 42.3 Å². The average Bonchev–Trinajstić information content (AvgIpc) is 2.58. The smallest absolute Gasteiger partial charge is 0.133 e. The van der Waals surface area contributed by atoms with Gasteiger partial charge in [0, 0.05) is 38.3 Å². The van der Waals surface area contributed by atoms with Crippen LogP contribution in [0.25, 0.3) is 0 Å². The number of benzene rings is 2. The third-order valence-corrected chi connectivity index (χ3v) is 4.92. The first-order valence-electron chi connectivity index (χ1n) is 8.54. The zero-order valence-electron chi connectivity index (χ0n) is 14.7. The minimum Gasteiger partial charge on any atom is -0.295 e. The van der Waals surface area contributed by atoms with Crippen molar-refractivity contribution in [3.05, 3.63) is 69.5 Å². The second-order valence-corrected chi connectivity index (χ2v) is 6.95. The lowest BCUT2D eigenvalue weighted by molar-refractivity contribution is 0.131. The molecule has 0 aliphatic carbocycles. The van der Waals surface area contributed by atoms with Crippen LogP contribution >= 0.6 is 11.6 Å². The van der Waals surface area contributed by atoms with Crippen LogP contribution in [0, 0.1) is 19.7 Å². The molecular weight excluding hydrogens is 337 g/mol. The highest BCUT2D eigenvalue weighted by Gasteiger charge is 2.16. The molecule has 3 rings (SSSR count). The molecule has 1 saturated heterocycles. The third kappa shape index (κ3) is 4.59. The number of rotatable bonds is 4. The molecule has 132 valence electrons. The van der Waals surface area contributed by atoms with Crippen molar-refractivity contribution in [1.29, 1.82) is 0 Å². The maximum atomic E-state index is 13.8. The molecular formula is C20H23ClFN3. The molecule has 5 heteroatoms. The summed E-state index contributed by atoms with van der Waals surface area (Å²) >= 11 is 6.03. The number of hydrazone groups is 1. The van der Waals surface area contributed by atoms with E-state index in [2.05, 4.69) is 42.0 Å². The number of piperazine rings is 1. The number of hydrogen-bond acceptors (Lipinski definition) is 3. The molecule has 2 aromatic rings. The lowest BCUT2D eigenvalue weighted by Crippen LogP contribution is -2.43. The summed E-state index contributed by atoms with van der Waals surface area (Å²) in [5.41, 5.74) is 4.37. The minimum atomic E-state index is -0.343. The highest BCUT2D eigenvalue weighted by atomic mass is 35.5. The van der Waals surface area contributed by atoms with E-state index < -0.39 is 0 Å². The predicted molar refractivity (Wildman–Crippen MR) is 102 cm³/mol. The molecule has 0 amide bonds. The van der Waals surface area contributed by atoms with Crippen molar-refractivity contribution in [2.24, 2.45) is 5.10 Å². The number of halogens is 2. The Balaban J connectivity index is 1.56. The van der Waals surface area contributed by atoms with Crippen molar-refractivity contribution in [3.63, 3.8) is 0 Å². The SMILES string of the molecule is Cc1ccc(CN2CCN(/N=C\c3c(F)cccc3Cl)CC2)c(C)c1. The Morgan fingerprint density at radius 2 is 1.88 bits per heavy atom. The molecule has 1 aliphatic rings. The molecule has 0 saturated carbocycles. The fraction of sp³-hybridized carbons (Fsp3) is 0.350. The van der Waals surface area contributed by atoms with Gasteiger partial charge in [0.15, 0.2) is 0 Å². The highest BCUT2D eigenvalue weighted by molar-refractivity contribution is 6.33. The molecule has 1 aliphatic heterocycles. The Bertz CT molecular complexity index is 747. The summed E-state index contributed by atoms with van der Waals surface area (Å²) in [6.45, 7) is 8.78. The van der Waals surface area contributed by atoms with Crippen LogP contribution in [0.2, 0.25) is 5.02 Å². The Morgan fingerprint density at radius 1 is 1.12 bits per heavy atom. The zero-order chi connectivity index (χ0) is 17.8. The van der Waals surface area contributed by atoms with Crippen LogP contribution in [0.4, 0.5) is 4.39 Å². The number of hydrogen-bond donors (Lipinski definition) is 0. The maximum absolute atomic E-state index is 13.8. The van der Waals surface area contributed by atoms with Crippen molar-refractivity contribution in [2.75, 3.05) is 26.2 Å². The van der Waals surface area contributed by atoms with E-state index in [0.29, 0.717) is 10.6 Å². The Kier molecular flexibility index (Phi) is 5.71. The van der Waals surface area contributed by atoms with Crippen LogP contribution < -0.4 is 0 Å². The lowest BCUT2D eigenvalue weighted by Gasteiger charge is -2.33. The van der Waals surface area contributed by atoms with Crippen LogP contribution in [0.1, 0.15) is 22.3 Å². The fourth-order valence-corrected chi connectivity index (χ4v) is 3.26. The van der Waals surface area contributed by atoms with E-state index in [4.69, 9.17) is 11.6 Å². The van der Waals surface area contributed by atoms with Crippen LogP contribution in [-0.2, 0) is 6.54 Å². The van der Waals surface area contributed by atoms with Gasteiger partial charge in [-0.25, -0.2) is 4.39 Å². The zero-order valence-corrected chi connectivity index (χ0v) is 15.4. The second-order valence-electron chi connectivity index (χ2n) is 6.54. The normalized spacial score (nSPS) is 15.9. The molecule has 0 radical (unpaired) electrons. The van der Waals surface area contributed by atoms with Crippen LogP contribution in [0.5, 0.6) is 0 Å². The topological polar surface area (TPSA) is 18.8 Å². The Morgan fingerprint density at radius 3 is 2.56 bits per heavy atom. The molecule has 25 heavy (non-hydrogen) atoms. The second kappa shape index (κ2) is 7.98. The maximum Gasteiger partial charge on any atom is 0.133 e. The van der Waals surface area contributed by atoms with Gasteiger partial charge in [-0.15, -0.1) is 0 Å². The van der Waals surface area contributed by atoms with E-state index in [1.807, 2.05) is 5.01 Å². The minimum absolute atomic E-state index is 0.343. The van der Waals surface area contributed by atoms with E-state index in [0.717, 1.165) is 32.7 Å². The van der Waals surface area contributed by atoms with E-state index in [1.54, 1.807) is 12.1 Å². The quantitative estimate of drug-likeness (QED) is 0.760. The molecule has 0 bridgehead atoms. The van der Waals surface area contributed by atoms with Gasteiger partial charge in [0.1, 0.15) is 5.82 Å². The van der Waals surface area contributed by atoms with Crippen molar-refractivity contribution in [1.82, 2.24) is 9.91 Å². The summed E-state index contributed by atoms with van der Waals surface area (Å²) in [6, 6.07) is 11.3. The van der Waals surface area contributed by atoms with Gasteiger partial charge in [-0.05, 0) is 37.1 Å². The van der Waals surface area contributed by atoms with Crippen molar-refractivity contribution >= 4 is 17.8 Å². The van der Waals surface area contributed by atoms with Crippen molar-refractivity contribution in [3.8, 4) is 0 Å². The molecule has 1 heterocycles. The van der Waals surface area contributed by atoms with E-state index in [1.165, 1.54) is 29.0 Å². The summed E-state index contributed by atoms with van der Waals surface area (Å²) in [5.74, 6) is -0.343. The molecule has 1 fully saturated rings. The molecule has 0 aromatic heterocycles. The first-order valence-corrected chi connectivity index (χ1v) is 8.92. The monoisotopic (exact) mass is 359 g/mol. The Hall–Kier alpha value is -1.91. The highest BCUT2D eigenvalue weighted by Crippen LogP contribution is 2.18. The summed E-state index contributed by atoms with van der Waals surface area (Å²) in [6.07, 6.45) is 1.53. The van der Waals surface area contributed by atoms with Gasteiger partial charge < -0.3 is 0 Å². The van der Waals surface area contributed by atoms with Crippen LogP contribution in [0.3, 0.4) is 0 Å². The van der Waals surface area contributed by atoms with Gasteiger partial charge in [0.05, 0.1) is 11.2 Å². The van der Waals surface area contributed by atoms with Gasteiger partial charge in [-0.2, -0.15) is 5.10 Å². The summed E-state index contributed by atoms with van der Waals surface area (Å²) in [5, 5.41) is 6.76. The Labute approximate surface area is 153 Å². The van der Waals surface area contributed by atoms with Crippen LogP contribution in [0.15, 0.2) is 41.5 Å². The van der Waals surface area contributed by atoms with Gasteiger partial charge in [0.25, 0.3) is 0 Å². The van der Waals surface area contributed by atoms with E-state index >= 15 is 0 Å². The average molecular weight is 360 g/mol.